The van der Waals surface area contributed by atoms with Gasteiger partial charge in [-0.15, -0.1) is 11.3 Å². The number of anilines is 1. The largest absolute Gasteiger partial charge is 0.375 e. The van der Waals surface area contributed by atoms with Gasteiger partial charge in [-0.05, 0) is 32.4 Å². The van der Waals surface area contributed by atoms with Crippen LogP contribution in [0.2, 0.25) is 0 Å². The van der Waals surface area contributed by atoms with Crippen molar-refractivity contribution in [2.45, 2.75) is 27.3 Å². The highest BCUT2D eigenvalue weighted by Gasteiger charge is 2.14. The minimum Gasteiger partial charge on any atom is -0.375 e. The average molecular weight is 277 g/mol. The number of nitro benzene ring substituents is 1. The summed E-state index contributed by atoms with van der Waals surface area (Å²) in [6.07, 6.45) is 0. The maximum Gasteiger partial charge on any atom is 0.292 e. The van der Waals surface area contributed by atoms with Crippen LogP contribution in [0.25, 0.3) is 0 Å². The summed E-state index contributed by atoms with van der Waals surface area (Å²) in [6, 6.07) is 5.18. The third kappa shape index (κ3) is 3.08. The predicted molar refractivity (Wildman–Crippen MR) is 76.7 cm³/mol. The highest BCUT2D eigenvalue weighted by molar-refractivity contribution is 7.11. The molecule has 0 spiro atoms. The topological polar surface area (TPSA) is 68.1 Å². The Morgan fingerprint density at radius 3 is 2.68 bits per heavy atom. The number of aromatic nitrogens is 1. The summed E-state index contributed by atoms with van der Waals surface area (Å²) in [5, 5.41) is 15.1. The Hall–Kier alpha value is -1.95. The number of rotatable bonds is 4. The van der Waals surface area contributed by atoms with Crippen molar-refractivity contribution in [1.29, 1.82) is 0 Å². The number of nitrogens with one attached hydrogen (secondary N) is 1. The molecule has 0 aliphatic carbocycles. The molecule has 100 valence electrons. The van der Waals surface area contributed by atoms with Crippen molar-refractivity contribution in [3.63, 3.8) is 0 Å². The van der Waals surface area contributed by atoms with E-state index in [4.69, 9.17) is 0 Å². The molecule has 0 aliphatic heterocycles. The van der Waals surface area contributed by atoms with Gasteiger partial charge in [-0.2, -0.15) is 0 Å². The molecule has 2 aromatic rings. The smallest absolute Gasteiger partial charge is 0.292 e. The molecule has 19 heavy (non-hydrogen) atoms. The van der Waals surface area contributed by atoms with Crippen LogP contribution in [0.15, 0.2) is 18.2 Å². The maximum atomic E-state index is 11.0. The number of benzene rings is 1. The molecule has 0 radical (unpaired) electrons. The molecule has 2 rings (SSSR count). The van der Waals surface area contributed by atoms with Crippen molar-refractivity contribution < 1.29 is 4.92 Å². The van der Waals surface area contributed by atoms with Crippen molar-refractivity contribution in [3.05, 3.63) is 49.5 Å². The second kappa shape index (κ2) is 5.36. The van der Waals surface area contributed by atoms with Gasteiger partial charge in [0.25, 0.3) is 5.69 Å². The first kappa shape index (κ1) is 13.5. The van der Waals surface area contributed by atoms with Crippen LogP contribution in [0.4, 0.5) is 11.4 Å². The number of hydrogen-bond donors (Lipinski definition) is 1. The number of aryl methyl sites for hydroxylation is 3. The molecule has 0 atom stereocenters. The molecule has 0 amide bonds. The first-order chi connectivity index (χ1) is 8.97. The highest BCUT2D eigenvalue weighted by Crippen LogP contribution is 2.27. The molecule has 0 saturated heterocycles. The van der Waals surface area contributed by atoms with Gasteiger partial charge in [-0.1, -0.05) is 6.07 Å². The standard InChI is InChI=1S/C13H15N3O2S/c1-8-4-5-11(12(6-8)16(17)18)14-7-13-9(2)15-10(3)19-13/h4-6,14H,7H2,1-3H3. The van der Waals surface area contributed by atoms with E-state index in [-0.39, 0.29) is 10.6 Å². The van der Waals surface area contributed by atoms with E-state index in [9.17, 15) is 10.1 Å². The summed E-state index contributed by atoms with van der Waals surface area (Å²) in [7, 11) is 0. The average Bonchev–Trinajstić information content (AvgIpc) is 2.66. The van der Waals surface area contributed by atoms with Crippen LogP contribution in [-0.4, -0.2) is 9.91 Å². The molecule has 1 N–H and O–H groups in total. The quantitative estimate of drug-likeness (QED) is 0.685. The minimum atomic E-state index is -0.361. The Balaban J connectivity index is 2.20. The van der Waals surface area contributed by atoms with Gasteiger partial charge in [0.2, 0.25) is 0 Å². The Morgan fingerprint density at radius 2 is 2.11 bits per heavy atom. The lowest BCUT2D eigenvalue weighted by Crippen LogP contribution is -2.02. The van der Waals surface area contributed by atoms with E-state index in [2.05, 4.69) is 10.3 Å². The summed E-state index contributed by atoms with van der Waals surface area (Å²) >= 11 is 1.61. The molecule has 5 nitrogen and oxygen atoms in total. The predicted octanol–water partition coefficient (Wildman–Crippen LogP) is 3.59. The number of hydrogen-bond acceptors (Lipinski definition) is 5. The van der Waals surface area contributed by atoms with Crippen molar-refractivity contribution in [2.75, 3.05) is 5.32 Å². The monoisotopic (exact) mass is 277 g/mol. The fraction of sp³-hybridized carbons (Fsp3) is 0.308. The lowest BCUT2D eigenvalue weighted by atomic mass is 10.2. The van der Waals surface area contributed by atoms with Crippen molar-refractivity contribution in [1.82, 2.24) is 4.98 Å². The Morgan fingerprint density at radius 1 is 1.37 bits per heavy atom. The van der Waals surface area contributed by atoms with E-state index in [0.717, 1.165) is 21.1 Å². The molecule has 1 aromatic carbocycles. The number of thiazole rings is 1. The van der Waals surface area contributed by atoms with Crippen molar-refractivity contribution >= 4 is 22.7 Å². The van der Waals surface area contributed by atoms with Gasteiger partial charge in [0.1, 0.15) is 5.69 Å². The lowest BCUT2D eigenvalue weighted by molar-refractivity contribution is -0.384. The van der Waals surface area contributed by atoms with Gasteiger partial charge in [0.05, 0.1) is 22.2 Å². The van der Waals surface area contributed by atoms with E-state index < -0.39 is 0 Å². The van der Waals surface area contributed by atoms with Crippen LogP contribution in [-0.2, 0) is 6.54 Å². The molecular weight excluding hydrogens is 262 g/mol. The van der Waals surface area contributed by atoms with Crippen molar-refractivity contribution in [2.24, 2.45) is 0 Å². The molecule has 0 unspecified atom stereocenters. The van der Waals surface area contributed by atoms with Gasteiger partial charge in [0.15, 0.2) is 0 Å². The van der Waals surface area contributed by atoms with Gasteiger partial charge in [-0.25, -0.2) is 4.98 Å². The van der Waals surface area contributed by atoms with Gasteiger partial charge in [0, 0.05) is 10.9 Å². The fourth-order valence-electron chi connectivity index (χ4n) is 1.86. The van der Waals surface area contributed by atoms with Crippen LogP contribution >= 0.6 is 11.3 Å². The SMILES string of the molecule is Cc1ccc(NCc2sc(C)nc2C)c([N+](=O)[O-])c1. The molecule has 1 heterocycles. The molecule has 0 fully saturated rings. The minimum absolute atomic E-state index is 0.110. The van der Waals surface area contributed by atoms with Crippen LogP contribution in [0.5, 0.6) is 0 Å². The zero-order valence-corrected chi connectivity index (χ0v) is 11.9. The van der Waals surface area contributed by atoms with Crippen LogP contribution in [0, 0.1) is 30.9 Å². The van der Waals surface area contributed by atoms with E-state index >= 15 is 0 Å². The summed E-state index contributed by atoms with van der Waals surface area (Å²) in [6.45, 7) is 6.30. The van der Waals surface area contributed by atoms with Crippen LogP contribution < -0.4 is 5.32 Å². The zero-order chi connectivity index (χ0) is 14.0. The Bertz CT molecular complexity index is 622. The normalized spacial score (nSPS) is 10.5. The fourth-order valence-corrected chi connectivity index (χ4v) is 2.73. The number of nitro groups is 1. The van der Waals surface area contributed by atoms with E-state index in [1.807, 2.05) is 26.8 Å². The first-order valence-corrected chi connectivity index (χ1v) is 6.71. The summed E-state index contributed by atoms with van der Waals surface area (Å²) < 4.78 is 0. The molecule has 0 aliphatic rings. The second-order valence-corrected chi connectivity index (χ2v) is 5.66. The highest BCUT2D eigenvalue weighted by atomic mass is 32.1. The second-order valence-electron chi connectivity index (χ2n) is 4.37. The van der Waals surface area contributed by atoms with Crippen LogP contribution in [0.3, 0.4) is 0 Å². The van der Waals surface area contributed by atoms with E-state index in [1.165, 1.54) is 0 Å². The van der Waals surface area contributed by atoms with Gasteiger partial charge < -0.3 is 5.32 Å². The Kier molecular flexibility index (Phi) is 3.80. The molecule has 6 heteroatoms. The maximum absolute atomic E-state index is 11.0. The molecule has 0 saturated carbocycles. The number of nitrogens with zero attached hydrogens (tertiary/aromatic N) is 2. The molecule has 1 aromatic heterocycles. The van der Waals surface area contributed by atoms with Gasteiger partial charge in [-0.3, -0.25) is 10.1 Å². The third-order valence-corrected chi connectivity index (χ3v) is 3.86. The first-order valence-electron chi connectivity index (χ1n) is 5.89. The molecule has 0 bridgehead atoms. The zero-order valence-electron chi connectivity index (χ0n) is 11.1. The van der Waals surface area contributed by atoms with E-state index in [0.29, 0.717) is 12.2 Å². The van der Waals surface area contributed by atoms with Crippen LogP contribution in [0.1, 0.15) is 21.1 Å². The van der Waals surface area contributed by atoms with Gasteiger partial charge >= 0.3 is 0 Å². The molecular formula is C13H15N3O2S. The lowest BCUT2D eigenvalue weighted by Gasteiger charge is -2.06. The Labute approximate surface area is 115 Å². The van der Waals surface area contributed by atoms with E-state index in [1.54, 1.807) is 23.5 Å². The van der Waals surface area contributed by atoms with Crippen molar-refractivity contribution in [3.8, 4) is 0 Å². The summed E-state index contributed by atoms with van der Waals surface area (Å²) in [5.41, 5.74) is 2.51. The summed E-state index contributed by atoms with van der Waals surface area (Å²) in [4.78, 5) is 16.1. The summed E-state index contributed by atoms with van der Waals surface area (Å²) in [5.74, 6) is 0. The third-order valence-electron chi connectivity index (χ3n) is 2.79.